The van der Waals surface area contributed by atoms with Gasteiger partial charge in [-0.2, -0.15) is 23.4 Å². The van der Waals surface area contributed by atoms with Crippen LogP contribution in [0.2, 0.25) is 17.5 Å². The minimum absolute atomic E-state index is 0. The van der Waals surface area contributed by atoms with Crippen LogP contribution in [0, 0.1) is 11.7 Å². The zero-order valence-electron chi connectivity index (χ0n) is 15.2. The molecule has 3 rings (SSSR count). The van der Waals surface area contributed by atoms with E-state index in [0.29, 0.717) is 0 Å². The van der Waals surface area contributed by atoms with E-state index >= 15 is 0 Å². The Morgan fingerprint density at radius 3 is 1.41 bits per heavy atom. The van der Waals surface area contributed by atoms with Crippen molar-refractivity contribution in [2.24, 2.45) is 0 Å². The molecule has 2 heteroatoms. The molecule has 22 heavy (non-hydrogen) atoms. The molecule has 0 amide bonds. The molecule has 3 saturated carbocycles. The molecule has 0 aromatic heterocycles. The summed E-state index contributed by atoms with van der Waals surface area (Å²) in [5.41, 5.74) is 0. The molecule has 0 aromatic carbocycles. The zero-order chi connectivity index (χ0) is 14.5. The van der Waals surface area contributed by atoms with Gasteiger partial charge in [0.05, 0.1) is 6.15 Å². The van der Waals surface area contributed by atoms with Crippen molar-refractivity contribution in [2.75, 3.05) is 0 Å². The molecule has 3 aliphatic rings. The number of hydrogen-bond donors (Lipinski definition) is 0. The van der Waals surface area contributed by atoms with Crippen molar-refractivity contribution in [1.29, 1.82) is 0 Å². The normalized spacial score (nSPS) is 24.2. The second-order valence-electron chi connectivity index (χ2n) is 8.28. The van der Waals surface area contributed by atoms with E-state index in [9.17, 15) is 0 Å². The largest absolute Gasteiger partial charge is 1.00 e. The third kappa shape index (κ3) is 3.65. The first-order valence-electron chi connectivity index (χ1n) is 10.0. The van der Waals surface area contributed by atoms with Crippen molar-refractivity contribution >= 4 is 6.15 Å². The molecule has 3 aliphatic carbocycles. The van der Waals surface area contributed by atoms with Crippen molar-refractivity contribution in [3.05, 3.63) is 0 Å². The van der Waals surface area contributed by atoms with Gasteiger partial charge in [-0.1, -0.05) is 84.0 Å². The van der Waals surface area contributed by atoms with Crippen LogP contribution >= 0.6 is 0 Å². The number of unbranched alkanes of at least 4 members (excludes halogenated alkanes) is 1. The predicted molar refractivity (Wildman–Crippen MR) is 95.1 cm³/mol. The molecule has 0 N–H and O–H groups in total. The van der Waals surface area contributed by atoms with E-state index in [2.05, 4.69) is 18.7 Å². The maximum absolute atomic E-state index is 4.07. The van der Waals surface area contributed by atoms with E-state index in [4.69, 9.17) is 0 Å². The average Bonchev–Trinajstić information content (AvgIpc) is 3.28. The Balaban J connectivity index is 0.00000176. The molecular weight excluding hydrogens is 258 g/mol. The maximum atomic E-state index is 4.07. The van der Waals surface area contributed by atoms with E-state index in [-0.39, 0.29) is 18.9 Å². The third-order valence-corrected chi connectivity index (χ3v) is 7.27. The summed E-state index contributed by atoms with van der Waals surface area (Å²) in [4.78, 5) is 0. The summed E-state index contributed by atoms with van der Waals surface area (Å²) in [7, 11) is 0. The van der Waals surface area contributed by atoms with Gasteiger partial charge in [-0.15, -0.1) is 0 Å². The van der Waals surface area contributed by atoms with Crippen LogP contribution in [0.25, 0.3) is 0 Å². The van der Waals surface area contributed by atoms with Gasteiger partial charge in [-0.3, -0.25) is 0 Å². The summed E-state index contributed by atoms with van der Waals surface area (Å²) in [5.74, 6) is 10.8. The van der Waals surface area contributed by atoms with Crippen LogP contribution in [-0.4, -0.2) is 6.15 Å². The topological polar surface area (TPSA) is 0 Å². The number of rotatable bonds is 4. The first kappa shape index (κ1) is 18.6. The molecule has 0 spiro atoms. The van der Waals surface area contributed by atoms with Crippen molar-refractivity contribution in [3.8, 4) is 11.7 Å². The van der Waals surface area contributed by atoms with Crippen LogP contribution in [0.4, 0.5) is 0 Å². The van der Waals surface area contributed by atoms with E-state index in [1.165, 1.54) is 83.5 Å². The van der Waals surface area contributed by atoms with Crippen molar-refractivity contribution in [2.45, 2.75) is 114 Å². The van der Waals surface area contributed by atoms with E-state index in [1.807, 2.05) is 0 Å². The van der Waals surface area contributed by atoms with Crippen molar-refractivity contribution in [1.82, 2.24) is 0 Å². The second-order valence-corrected chi connectivity index (χ2v) is 8.28. The van der Waals surface area contributed by atoms with Crippen LogP contribution in [0.5, 0.6) is 0 Å². The molecule has 0 aromatic rings. The maximum Gasteiger partial charge on any atom is 1.00 e. The van der Waals surface area contributed by atoms with Gasteiger partial charge in [0.1, 0.15) is 0 Å². The Morgan fingerprint density at radius 1 is 0.727 bits per heavy atom. The van der Waals surface area contributed by atoms with Gasteiger partial charge in [-0.05, 0) is 6.42 Å². The molecule has 0 atom stereocenters. The molecule has 3 fully saturated rings. The molecule has 0 radical (unpaired) electrons. The minimum atomic E-state index is -0.392. The van der Waals surface area contributed by atoms with Gasteiger partial charge < -0.3 is 5.82 Å². The van der Waals surface area contributed by atoms with E-state index in [1.54, 1.807) is 0 Å². The molecule has 0 heterocycles. The summed E-state index contributed by atoms with van der Waals surface area (Å²) in [6.07, 6.45) is 20.0. The summed E-state index contributed by atoms with van der Waals surface area (Å²) in [5, 5.41) is 0. The smallest absolute Gasteiger partial charge is 0.314 e. The SMILES string of the molecule is CCCC#C[B-](C1CCCC1)(C1CCCC1)C1CCCC1.[Li+]. The predicted octanol–water partition coefficient (Wildman–Crippen LogP) is 3.61. The molecule has 0 bridgehead atoms. The quantitative estimate of drug-likeness (QED) is 0.548. The Hall–Kier alpha value is 0.222. The zero-order valence-corrected chi connectivity index (χ0v) is 15.2. The van der Waals surface area contributed by atoms with Gasteiger partial charge in [-0.25, -0.2) is 0 Å². The fraction of sp³-hybridized carbons (Fsp3) is 0.900. The van der Waals surface area contributed by atoms with Crippen LogP contribution in [0.3, 0.4) is 0 Å². The van der Waals surface area contributed by atoms with Gasteiger partial charge in [0, 0.05) is 6.42 Å². The molecular formula is C20H34BLi. The minimum Gasteiger partial charge on any atom is -0.314 e. The fourth-order valence-corrected chi connectivity index (χ4v) is 6.41. The van der Waals surface area contributed by atoms with Crippen LogP contribution in [0.15, 0.2) is 0 Å². The first-order valence-corrected chi connectivity index (χ1v) is 10.0. The molecule has 118 valence electrons. The average molecular weight is 292 g/mol. The van der Waals surface area contributed by atoms with Gasteiger partial charge in [0.15, 0.2) is 0 Å². The Kier molecular flexibility index (Phi) is 7.51. The van der Waals surface area contributed by atoms with E-state index in [0.717, 1.165) is 23.9 Å². The fourth-order valence-electron chi connectivity index (χ4n) is 6.41. The van der Waals surface area contributed by atoms with Gasteiger partial charge in [0.2, 0.25) is 0 Å². The van der Waals surface area contributed by atoms with Crippen LogP contribution in [0.1, 0.15) is 96.8 Å². The molecule has 0 saturated heterocycles. The van der Waals surface area contributed by atoms with Crippen molar-refractivity contribution in [3.63, 3.8) is 0 Å². The second kappa shape index (κ2) is 8.90. The van der Waals surface area contributed by atoms with Crippen LogP contribution < -0.4 is 18.9 Å². The standard InChI is InChI=1S/C20H34B.Li/c1-2-3-10-17-21(18-11-4-5-12-18,19-13-6-7-14-19)20-15-8-9-16-20;/h18-20H,2-9,11-16H2,1H3;/q-1;+1. The Bertz CT molecular complexity index is 335. The molecule has 0 nitrogen and oxygen atoms in total. The summed E-state index contributed by atoms with van der Waals surface area (Å²) in [6, 6.07) is 0. The Labute approximate surface area is 151 Å². The molecule has 0 aliphatic heterocycles. The summed E-state index contributed by atoms with van der Waals surface area (Å²) >= 11 is 0. The van der Waals surface area contributed by atoms with Gasteiger partial charge in [0.25, 0.3) is 0 Å². The monoisotopic (exact) mass is 292 g/mol. The Morgan fingerprint density at radius 2 is 1.09 bits per heavy atom. The summed E-state index contributed by atoms with van der Waals surface area (Å²) in [6.45, 7) is 2.28. The van der Waals surface area contributed by atoms with Crippen LogP contribution in [-0.2, 0) is 0 Å². The summed E-state index contributed by atoms with van der Waals surface area (Å²) < 4.78 is 0. The first-order chi connectivity index (χ1) is 10.4. The third-order valence-electron chi connectivity index (χ3n) is 7.27. The van der Waals surface area contributed by atoms with Gasteiger partial charge >= 0.3 is 18.9 Å². The van der Waals surface area contributed by atoms with E-state index < -0.39 is 6.15 Å². The molecule has 0 unspecified atom stereocenters. The van der Waals surface area contributed by atoms with Crippen molar-refractivity contribution < 1.29 is 18.9 Å². The number of hydrogen-bond acceptors (Lipinski definition) is 0.